The number of nitriles is 1. The van der Waals surface area contributed by atoms with Crippen LogP contribution in [0.25, 0.3) is 11.0 Å². The molecule has 3 aromatic rings. The molecule has 0 fully saturated rings. The number of hydrogen-bond donors (Lipinski definition) is 0. The van der Waals surface area contributed by atoms with Crippen LogP contribution in [0, 0.1) is 11.3 Å². The Hall–Kier alpha value is -2.94. The van der Waals surface area contributed by atoms with Gasteiger partial charge in [-0.3, -0.25) is 4.68 Å². The van der Waals surface area contributed by atoms with E-state index in [-0.39, 0.29) is 0 Å². The predicted molar refractivity (Wildman–Crippen MR) is 67.5 cm³/mol. The van der Waals surface area contributed by atoms with E-state index >= 15 is 0 Å². The van der Waals surface area contributed by atoms with Gasteiger partial charge in [-0.2, -0.15) is 10.4 Å². The summed E-state index contributed by atoms with van der Waals surface area (Å²) in [4.78, 5) is 8.24. The maximum atomic E-state index is 8.74. The molecule has 3 rings (SSSR count). The molecule has 0 bridgehead atoms. The summed E-state index contributed by atoms with van der Waals surface area (Å²) < 4.78 is 7.35. The molecular formula is C13H9N5O. The summed E-state index contributed by atoms with van der Waals surface area (Å²) in [5.41, 5.74) is 1.29. The molecule has 0 saturated carbocycles. The standard InChI is InChI=1S/C13H9N5O/c1-18-12-11(7-17-18)13(16-8-15-12)19-10-4-2-9(6-14)3-5-10/h2-5,7-8H,1H3. The first kappa shape index (κ1) is 11.2. The maximum Gasteiger partial charge on any atom is 0.233 e. The Morgan fingerprint density at radius 2 is 2.00 bits per heavy atom. The molecule has 6 nitrogen and oxygen atoms in total. The summed E-state index contributed by atoms with van der Waals surface area (Å²) in [5.74, 6) is 1.06. The van der Waals surface area contributed by atoms with E-state index in [4.69, 9.17) is 10.00 Å². The molecule has 0 unspecified atom stereocenters. The molecule has 0 N–H and O–H groups in total. The zero-order valence-corrected chi connectivity index (χ0v) is 10.1. The van der Waals surface area contributed by atoms with E-state index in [0.717, 1.165) is 5.39 Å². The van der Waals surface area contributed by atoms with Crippen LogP contribution < -0.4 is 4.74 Å². The minimum absolute atomic E-state index is 0.447. The Bertz CT molecular complexity index is 770. The van der Waals surface area contributed by atoms with Gasteiger partial charge in [0.25, 0.3) is 0 Å². The fourth-order valence-electron chi connectivity index (χ4n) is 1.73. The van der Waals surface area contributed by atoms with E-state index in [9.17, 15) is 0 Å². The quantitative estimate of drug-likeness (QED) is 0.696. The number of ether oxygens (including phenoxy) is 1. The minimum Gasteiger partial charge on any atom is -0.438 e. The van der Waals surface area contributed by atoms with Crippen LogP contribution in [0.4, 0.5) is 0 Å². The zero-order chi connectivity index (χ0) is 13.2. The summed E-state index contributed by atoms with van der Waals surface area (Å²) in [5, 5.41) is 13.6. The lowest BCUT2D eigenvalue weighted by molar-refractivity contribution is 0.468. The van der Waals surface area contributed by atoms with Crippen LogP contribution in [0.5, 0.6) is 11.6 Å². The van der Waals surface area contributed by atoms with Crippen LogP contribution in [0.1, 0.15) is 5.56 Å². The highest BCUT2D eigenvalue weighted by atomic mass is 16.5. The highest BCUT2D eigenvalue weighted by Gasteiger charge is 2.09. The molecule has 6 heteroatoms. The molecule has 92 valence electrons. The lowest BCUT2D eigenvalue weighted by Gasteiger charge is -2.05. The molecule has 2 heterocycles. The Morgan fingerprint density at radius 1 is 1.21 bits per heavy atom. The van der Waals surface area contributed by atoms with Gasteiger partial charge >= 0.3 is 0 Å². The predicted octanol–water partition coefficient (Wildman–Crippen LogP) is 2.03. The highest BCUT2D eigenvalue weighted by molar-refractivity contribution is 5.79. The first-order chi connectivity index (χ1) is 9.28. The van der Waals surface area contributed by atoms with Crippen molar-refractivity contribution in [3.63, 3.8) is 0 Å². The number of benzene rings is 1. The average Bonchev–Trinajstić information content (AvgIpc) is 2.83. The van der Waals surface area contributed by atoms with Crippen molar-refractivity contribution in [2.45, 2.75) is 0 Å². The first-order valence-electron chi connectivity index (χ1n) is 5.58. The van der Waals surface area contributed by atoms with Crippen LogP contribution >= 0.6 is 0 Å². The smallest absolute Gasteiger partial charge is 0.233 e. The van der Waals surface area contributed by atoms with Crippen LogP contribution in [-0.2, 0) is 7.05 Å². The second-order valence-electron chi connectivity index (χ2n) is 3.92. The molecule has 0 saturated heterocycles. The van der Waals surface area contributed by atoms with Crippen LogP contribution in [0.2, 0.25) is 0 Å². The van der Waals surface area contributed by atoms with Gasteiger partial charge in [-0.05, 0) is 24.3 Å². The fourth-order valence-corrected chi connectivity index (χ4v) is 1.73. The summed E-state index contributed by atoms with van der Waals surface area (Å²) in [6.45, 7) is 0. The van der Waals surface area contributed by atoms with Crippen LogP contribution in [0.15, 0.2) is 36.8 Å². The third-order valence-corrected chi connectivity index (χ3v) is 2.69. The zero-order valence-electron chi connectivity index (χ0n) is 10.1. The Morgan fingerprint density at radius 3 is 2.74 bits per heavy atom. The van der Waals surface area contributed by atoms with Crippen LogP contribution in [-0.4, -0.2) is 19.7 Å². The van der Waals surface area contributed by atoms with E-state index in [2.05, 4.69) is 21.1 Å². The molecule has 0 atom stereocenters. The van der Waals surface area contributed by atoms with Gasteiger partial charge in [-0.1, -0.05) is 0 Å². The number of nitrogens with zero attached hydrogens (tertiary/aromatic N) is 5. The van der Waals surface area contributed by atoms with Gasteiger partial charge in [-0.25, -0.2) is 9.97 Å². The third kappa shape index (κ3) is 1.98. The molecule has 0 aliphatic carbocycles. The van der Waals surface area contributed by atoms with Gasteiger partial charge in [0, 0.05) is 7.05 Å². The fraction of sp³-hybridized carbons (Fsp3) is 0.0769. The number of aromatic nitrogens is 4. The maximum absolute atomic E-state index is 8.74. The topological polar surface area (TPSA) is 76.6 Å². The van der Waals surface area contributed by atoms with Crippen molar-refractivity contribution in [3.8, 4) is 17.7 Å². The molecule has 0 spiro atoms. The van der Waals surface area contributed by atoms with Gasteiger partial charge in [0.1, 0.15) is 17.5 Å². The first-order valence-corrected chi connectivity index (χ1v) is 5.58. The summed E-state index contributed by atoms with van der Waals surface area (Å²) >= 11 is 0. The van der Waals surface area contributed by atoms with Gasteiger partial charge in [0.05, 0.1) is 17.8 Å². The van der Waals surface area contributed by atoms with E-state index in [1.54, 1.807) is 42.2 Å². The van der Waals surface area contributed by atoms with Gasteiger partial charge in [0.15, 0.2) is 5.65 Å². The normalized spacial score (nSPS) is 10.3. The molecule has 19 heavy (non-hydrogen) atoms. The lowest BCUT2D eigenvalue weighted by Crippen LogP contribution is -1.94. The van der Waals surface area contributed by atoms with Gasteiger partial charge < -0.3 is 4.74 Å². The van der Waals surface area contributed by atoms with Crippen molar-refractivity contribution < 1.29 is 4.74 Å². The molecule has 0 aliphatic rings. The van der Waals surface area contributed by atoms with E-state index in [1.807, 2.05) is 0 Å². The highest BCUT2D eigenvalue weighted by Crippen LogP contribution is 2.25. The second-order valence-corrected chi connectivity index (χ2v) is 3.92. The third-order valence-electron chi connectivity index (χ3n) is 2.69. The molecule has 0 radical (unpaired) electrons. The van der Waals surface area contributed by atoms with Crippen molar-refractivity contribution in [1.29, 1.82) is 5.26 Å². The number of fused-ring (bicyclic) bond motifs is 1. The van der Waals surface area contributed by atoms with Crippen molar-refractivity contribution in [2.75, 3.05) is 0 Å². The van der Waals surface area contributed by atoms with Crippen LogP contribution in [0.3, 0.4) is 0 Å². The molecular weight excluding hydrogens is 242 g/mol. The van der Waals surface area contributed by atoms with E-state index in [0.29, 0.717) is 22.8 Å². The Balaban J connectivity index is 1.98. The largest absolute Gasteiger partial charge is 0.438 e. The summed E-state index contributed by atoms with van der Waals surface area (Å²) in [6.07, 6.45) is 3.09. The Labute approximate surface area is 108 Å². The van der Waals surface area contributed by atoms with Crippen molar-refractivity contribution in [3.05, 3.63) is 42.4 Å². The number of aryl methyl sites for hydroxylation is 1. The SMILES string of the molecule is Cn1ncc2c(Oc3ccc(C#N)cc3)ncnc21. The minimum atomic E-state index is 0.447. The average molecular weight is 251 g/mol. The van der Waals surface area contributed by atoms with Crippen molar-refractivity contribution in [2.24, 2.45) is 7.05 Å². The molecule has 0 amide bonds. The van der Waals surface area contributed by atoms with Gasteiger partial charge in [-0.15, -0.1) is 0 Å². The molecule has 1 aromatic carbocycles. The van der Waals surface area contributed by atoms with Gasteiger partial charge in [0.2, 0.25) is 5.88 Å². The monoisotopic (exact) mass is 251 g/mol. The second kappa shape index (κ2) is 4.38. The summed E-state index contributed by atoms with van der Waals surface area (Å²) in [6, 6.07) is 8.89. The van der Waals surface area contributed by atoms with E-state index in [1.165, 1.54) is 6.33 Å². The Kier molecular flexibility index (Phi) is 2.58. The van der Waals surface area contributed by atoms with E-state index < -0.39 is 0 Å². The molecule has 2 aromatic heterocycles. The molecule has 0 aliphatic heterocycles. The number of hydrogen-bond acceptors (Lipinski definition) is 5. The summed E-state index contributed by atoms with van der Waals surface area (Å²) in [7, 11) is 1.81. The van der Waals surface area contributed by atoms with Crippen molar-refractivity contribution >= 4 is 11.0 Å². The lowest BCUT2D eigenvalue weighted by atomic mass is 10.2. The van der Waals surface area contributed by atoms with Crippen molar-refractivity contribution in [1.82, 2.24) is 19.7 Å². The number of rotatable bonds is 2.